The maximum atomic E-state index is 14.0. The van der Waals surface area contributed by atoms with Crippen LogP contribution in [0.4, 0.5) is 4.39 Å². The number of aliphatic hydroxyl groups is 1. The van der Waals surface area contributed by atoms with Crippen molar-refractivity contribution in [3.8, 4) is 0 Å². The van der Waals surface area contributed by atoms with E-state index in [2.05, 4.69) is 15.9 Å². The summed E-state index contributed by atoms with van der Waals surface area (Å²) in [6, 6.07) is 4.77. The Morgan fingerprint density at radius 2 is 2.15 bits per heavy atom. The molecule has 1 aliphatic heterocycles. The first-order valence-electron chi connectivity index (χ1n) is 6.08. The van der Waals surface area contributed by atoms with E-state index in [1.54, 1.807) is 11.3 Å². The molecule has 0 fully saturated rings. The van der Waals surface area contributed by atoms with E-state index < -0.39 is 11.9 Å². The SMILES string of the molecule is OC(c1cc2c(s1)CCSC2)c1cc(Cl)c(Br)cc1F. The number of rotatable bonds is 2. The third-order valence-electron chi connectivity index (χ3n) is 3.25. The topological polar surface area (TPSA) is 20.2 Å². The Kier molecular flexibility index (Phi) is 4.43. The van der Waals surface area contributed by atoms with Gasteiger partial charge in [-0.1, -0.05) is 11.6 Å². The van der Waals surface area contributed by atoms with Crippen molar-refractivity contribution in [3.63, 3.8) is 0 Å². The average Bonchev–Trinajstić information content (AvgIpc) is 2.86. The molecular formula is C14H11BrClFOS2. The summed E-state index contributed by atoms with van der Waals surface area (Å²) in [5.41, 5.74) is 1.49. The Morgan fingerprint density at radius 3 is 2.90 bits per heavy atom. The maximum Gasteiger partial charge on any atom is 0.130 e. The predicted molar refractivity (Wildman–Crippen MR) is 87.4 cm³/mol. The predicted octanol–water partition coefficient (Wildman–Crippen LogP) is 5.17. The van der Waals surface area contributed by atoms with Crippen molar-refractivity contribution in [2.24, 2.45) is 0 Å². The first-order chi connectivity index (χ1) is 9.56. The molecule has 0 bridgehead atoms. The van der Waals surface area contributed by atoms with Crippen LogP contribution in [0.2, 0.25) is 5.02 Å². The molecule has 20 heavy (non-hydrogen) atoms. The fraction of sp³-hybridized carbons (Fsp3) is 0.286. The van der Waals surface area contributed by atoms with E-state index in [0.717, 1.165) is 22.8 Å². The quantitative estimate of drug-likeness (QED) is 0.710. The van der Waals surface area contributed by atoms with Crippen LogP contribution in [-0.4, -0.2) is 10.9 Å². The third-order valence-corrected chi connectivity index (χ3v) is 6.74. The first kappa shape index (κ1) is 14.9. The summed E-state index contributed by atoms with van der Waals surface area (Å²) in [5, 5.41) is 10.8. The van der Waals surface area contributed by atoms with Crippen LogP contribution in [0.1, 0.15) is 27.0 Å². The van der Waals surface area contributed by atoms with Crippen molar-refractivity contribution < 1.29 is 9.50 Å². The van der Waals surface area contributed by atoms with Crippen LogP contribution in [0, 0.1) is 5.82 Å². The zero-order chi connectivity index (χ0) is 14.3. The van der Waals surface area contributed by atoms with Gasteiger partial charge in [-0.2, -0.15) is 11.8 Å². The molecule has 0 spiro atoms. The Balaban J connectivity index is 1.98. The summed E-state index contributed by atoms with van der Waals surface area (Å²) in [6.07, 6.45) is 0.0715. The van der Waals surface area contributed by atoms with Gasteiger partial charge in [-0.15, -0.1) is 11.3 Å². The lowest BCUT2D eigenvalue weighted by Crippen LogP contribution is -2.01. The molecule has 1 unspecified atom stereocenters. The smallest absolute Gasteiger partial charge is 0.130 e. The highest BCUT2D eigenvalue weighted by atomic mass is 79.9. The number of aliphatic hydroxyl groups excluding tert-OH is 1. The van der Waals surface area contributed by atoms with Gasteiger partial charge in [0.1, 0.15) is 11.9 Å². The van der Waals surface area contributed by atoms with Gasteiger partial charge >= 0.3 is 0 Å². The first-order valence-corrected chi connectivity index (χ1v) is 9.22. The van der Waals surface area contributed by atoms with Gasteiger partial charge in [0.15, 0.2) is 0 Å². The number of fused-ring (bicyclic) bond motifs is 1. The zero-order valence-corrected chi connectivity index (χ0v) is 14.3. The van der Waals surface area contributed by atoms with Gasteiger partial charge in [-0.05, 0) is 51.9 Å². The average molecular weight is 394 g/mol. The molecule has 0 amide bonds. The van der Waals surface area contributed by atoms with Crippen molar-refractivity contribution >= 4 is 50.6 Å². The lowest BCUT2D eigenvalue weighted by molar-refractivity contribution is 0.218. The maximum absolute atomic E-state index is 14.0. The van der Waals surface area contributed by atoms with Crippen LogP contribution in [0.25, 0.3) is 0 Å². The molecule has 1 atom stereocenters. The molecule has 0 saturated heterocycles. The van der Waals surface area contributed by atoms with Gasteiger partial charge in [-0.3, -0.25) is 0 Å². The number of aryl methyl sites for hydroxylation is 1. The van der Waals surface area contributed by atoms with Crippen LogP contribution >= 0.6 is 50.6 Å². The summed E-state index contributed by atoms with van der Waals surface area (Å²) < 4.78 is 14.5. The summed E-state index contributed by atoms with van der Waals surface area (Å²) in [4.78, 5) is 2.09. The van der Waals surface area contributed by atoms with E-state index in [4.69, 9.17) is 11.6 Å². The second kappa shape index (κ2) is 5.97. The van der Waals surface area contributed by atoms with Crippen LogP contribution in [0.15, 0.2) is 22.7 Å². The fourth-order valence-electron chi connectivity index (χ4n) is 2.21. The molecule has 0 aliphatic carbocycles. The minimum Gasteiger partial charge on any atom is -0.383 e. The van der Waals surface area contributed by atoms with Crippen molar-refractivity contribution in [2.45, 2.75) is 18.3 Å². The van der Waals surface area contributed by atoms with Gasteiger partial charge < -0.3 is 5.11 Å². The normalized spacial score (nSPS) is 16.0. The van der Waals surface area contributed by atoms with Crippen molar-refractivity contribution in [2.75, 3.05) is 5.75 Å². The molecule has 1 nitrogen and oxygen atoms in total. The number of thiophene rings is 1. The summed E-state index contributed by atoms with van der Waals surface area (Å²) in [5.74, 6) is 1.64. The monoisotopic (exact) mass is 392 g/mol. The van der Waals surface area contributed by atoms with Gasteiger partial charge in [0, 0.05) is 25.5 Å². The molecule has 0 radical (unpaired) electrons. The lowest BCUT2D eigenvalue weighted by atomic mass is 10.1. The van der Waals surface area contributed by atoms with Crippen LogP contribution in [0.3, 0.4) is 0 Å². The number of hydrogen-bond donors (Lipinski definition) is 1. The number of thioether (sulfide) groups is 1. The largest absolute Gasteiger partial charge is 0.383 e. The minimum atomic E-state index is -0.957. The molecule has 6 heteroatoms. The highest BCUT2D eigenvalue weighted by molar-refractivity contribution is 9.10. The summed E-state index contributed by atoms with van der Waals surface area (Å²) >= 11 is 12.6. The van der Waals surface area contributed by atoms with Crippen molar-refractivity contribution in [1.82, 2.24) is 0 Å². The second-order valence-corrected chi connectivity index (χ2v) is 8.13. The van der Waals surface area contributed by atoms with Gasteiger partial charge in [0.2, 0.25) is 0 Å². The van der Waals surface area contributed by atoms with Crippen LogP contribution in [-0.2, 0) is 12.2 Å². The highest BCUT2D eigenvalue weighted by Gasteiger charge is 2.22. The van der Waals surface area contributed by atoms with Crippen molar-refractivity contribution in [3.05, 3.63) is 54.4 Å². The van der Waals surface area contributed by atoms with Crippen molar-refractivity contribution in [1.29, 1.82) is 0 Å². The van der Waals surface area contributed by atoms with Gasteiger partial charge in [0.05, 0.1) is 5.02 Å². The number of hydrogen-bond acceptors (Lipinski definition) is 3. The summed E-state index contributed by atoms with van der Waals surface area (Å²) in [7, 11) is 0. The minimum absolute atomic E-state index is 0.226. The van der Waals surface area contributed by atoms with E-state index >= 15 is 0 Å². The summed E-state index contributed by atoms with van der Waals surface area (Å²) in [6.45, 7) is 0. The third kappa shape index (κ3) is 2.79. The van der Waals surface area contributed by atoms with Gasteiger partial charge in [0.25, 0.3) is 0 Å². The fourth-order valence-corrected chi connectivity index (χ4v) is 5.07. The Hall–Kier alpha value is -0.0700. The molecule has 1 aliphatic rings. The molecular weight excluding hydrogens is 383 g/mol. The molecule has 106 valence electrons. The number of benzene rings is 1. The Labute approximate surface area is 138 Å². The molecule has 2 heterocycles. The Morgan fingerprint density at radius 1 is 1.35 bits per heavy atom. The van der Waals surface area contributed by atoms with Gasteiger partial charge in [-0.25, -0.2) is 4.39 Å². The van der Waals surface area contributed by atoms with E-state index in [1.165, 1.54) is 22.6 Å². The highest BCUT2D eigenvalue weighted by Crippen LogP contribution is 2.38. The zero-order valence-electron chi connectivity index (χ0n) is 10.3. The van der Waals surface area contributed by atoms with E-state index in [1.807, 2.05) is 17.8 Å². The number of halogens is 3. The molecule has 1 N–H and O–H groups in total. The lowest BCUT2D eigenvalue weighted by Gasteiger charge is -2.11. The Bertz CT molecular complexity index is 635. The van der Waals surface area contributed by atoms with Crippen LogP contribution < -0.4 is 0 Å². The molecule has 0 saturated carbocycles. The molecule has 1 aromatic carbocycles. The molecule has 1 aromatic heterocycles. The van der Waals surface area contributed by atoms with E-state index in [-0.39, 0.29) is 5.56 Å². The van der Waals surface area contributed by atoms with E-state index in [9.17, 15) is 9.50 Å². The second-order valence-electron chi connectivity index (χ2n) is 4.59. The van der Waals surface area contributed by atoms with E-state index in [0.29, 0.717) is 9.50 Å². The molecule has 3 rings (SSSR count). The van der Waals surface area contributed by atoms with Crippen LogP contribution in [0.5, 0.6) is 0 Å². The standard InChI is InChI=1S/C14H11BrClFOS2/c15-9-5-11(17)8(4-10(9)16)14(18)13-3-7-6-19-2-1-12(7)20-13/h3-5,14,18H,1-2,6H2. The molecule has 2 aromatic rings.